The fraction of sp³-hybridized carbons (Fsp3) is 0.643. The van der Waals surface area contributed by atoms with E-state index in [9.17, 15) is 0 Å². The van der Waals surface area contributed by atoms with Gasteiger partial charge in [0.25, 0.3) is 0 Å². The summed E-state index contributed by atoms with van der Waals surface area (Å²) < 4.78 is 1.94. The molecule has 1 N–H and O–H groups in total. The molecule has 1 aliphatic heterocycles. The predicted octanol–water partition coefficient (Wildman–Crippen LogP) is 1.63. The molecular weight excluding hydrogens is 226 g/mol. The number of nitrogens with zero attached hydrogens (tertiary/aromatic N) is 3. The summed E-state index contributed by atoms with van der Waals surface area (Å²) in [5, 5.41) is 13.3. The molecule has 0 bridgehead atoms. The maximum absolute atomic E-state index is 9.02. The van der Waals surface area contributed by atoms with Crippen LogP contribution in [0, 0.1) is 0 Å². The molecule has 0 aliphatic carbocycles. The van der Waals surface area contributed by atoms with Crippen LogP contribution < -0.4 is 0 Å². The predicted molar refractivity (Wildman–Crippen MR) is 72.5 cm³/mol. The molecular formula is C14H23N3O. The second kappa shape index (κ2) is 6.16. The van der Waals surface area contributed by atoms with Crippen molar-refractivity contribution in [2.24, 2.45) is 0 Å². The number of hydrogen-bond donors (Lipinski definition) is 1. The van der Waals surface area contributed by atoms with Gasteiger partial charge in [-0.1, -0.05) is 12.2 Å². The van der Waals surface area contributed by atoms with Crippen LogP contribution in [0.2, 0.25) is 0 Å². The van der Waals surface area contributed by atoms with Gasteiger partial charge in [0.15, 0.2) is 0 Å². The molecule has 0 aromatic carbocycles. The highest BCUT2D eigenvalue weighted by Crippen LogP contribution is 2.27. The van der Waals surface area contributed by atoms with E-state index in [0.717, 1.165) is 19.6 Å². The molecule has 0 amide bonds. The van der Waals surface area contributed by atoms with Gasteiger partial charge in [-0.05, 0) is 38.9 Å². The Labute approximate surface area is 109 Å². The van der Waals surface area contributed by atoms with Crippen LogP contribution in [0.15, 0.2) is 24.4 Å². The highest BCUT2D eigenvalue weighted by Gasteiger charge is 2.22. The molecule has 1 aromatic rings. The number of hydrogen-bond acceptors (Lipinski definition) is 3. The van der Waals surface area contributed by atoms with E-state index >= 15 is 0 Å². The molecule has 4 nitrogen and oxygen atoms in total. The average molecular weight is 249 g/mol. The lowest BCUT2D eigenvalue weighted by Gasteiger charge is -2.32. The van der Waals surface area contributed by atoms with Crippen LogP contribution in [0.1, 0.15) is 31.4 Å². The topological polar surface area (TPSA) is 41.3 Å². The van der Waals surface area contributed by atoms with E-state index in [1.807, 2.05) is 10.9 Å². The molecule has 0 atom stereocenters. The number of rotatable bonds is 5. The van der Waals surface area contributed by atoms with Gasteiger partial charge in [0, 0.05) is 24.4 Å². The Bertz CT molecular complexity index is 391. The van der Waals surface area contributed by atoms with Gasteiger partial charge in [0.05, 0.1) is 13.2 Å². The van der Waals surface area contributed by atoms with Crippen LogP contribution >= 0.6 is 0 Å². The summed E-state index contributed by atoms with van der Waals surface area (Å²) in [5.41, 5.74) is 2.51. The highest BCUT2D eigenvalue weighted by molar-refractivity contribution is 5.09. The normalized spacial score (nSPS) is 18.1. The molecule has 18 heavy (non-hydrogen) atoms. The summed E-state index contributed by atoms with van der Waals surface area (Å²) in [5.74, 6) is 0.584. The summed E-state index contributed by atoms with van der Waals surface area (Å²) in [6.45, 7) is 10.1. The zero-order valence-corrected chi connectivity index (χ0v) is 11.2. The van der Waals surface area contributed by atoms with Gasteiger partial charge in [0.2, 0.25) is 0 Å². The summed E-state index contributed by atoms with van der Waals surface area (Å²) in [4.78, 5) is 2.46. The van der Waals surface area contributed by atoms with Gasteiger partial charge in [-0.2, -0.15) is 5.10 Å². The standard InChI is InChI=1S/C14H23N3O/c1-12(2)11-16-7-4-13(5-8-16)14-3-6-15-17(14)9-10-18/h3,6,13,18H,1,4-5,7-11H2,2H3. The molecule has 1 aliphatic rings. The fourth-order valence-corrected chi connectivity index (χ4v) is 2.74. The van der Waals surface area contributed by atoms with E-state index in [1.54, 1.807) is 0 Å². The smallest absolute Gasteiger partial charge is 0.0644 e. The molecule has 2 heterocycles. The Balaban J connectivity index is 1.92. The summed E-state index contributed by atoms with van der Waals surface area (Å²) in [6.07, 6.45) is 4.18. The Morgan fingerprint density at radius 3 is 2.83 bits per heavy atom. The van der Waals surface area contributed by atoms with Crippen molar-refractivity contribution in [1.29, 1.82) is 0 Å². The monoisotopic (exact) mass is 249 g/mol. The first-order valence-corrected chi connectivity index (χ1v) is 6.70. The summed E-state index contributed by atoms with van der Waals surface area (Å²) >= 11 is 0. The summed E-state index contributed by atoms with van der Waals surface area (Å²) in [7, 11) is 0. The van der Waals surface area contributed by atoms with Crippen LogP contribution in [-0.2, 0) is 6.54 Å². The van der Waals surface area contributed by atoms with Crippen molar-refractivity contribution in [3.05, 3.63) is 30.1 Å². The minimum Gasteiger partial charge on any atom is -0.394 e. The highest BCUT2D eigenvalue weighted by atomic mass is 16.3. The van der Waals surface area contributed by atoms with Crippen LogP contribution in [0.3, 0.4) is 0 Å². The minimum atomic E-state index is 0.156. The second-order valence-electron chi connectivity index (χ2n) is 5.21. The fourth-order valence-electron chi connectivity index (χ4n) is 2.74. The number of aliphatic hydroxyl groups is 1. The van der Waals surface area contributed by atoms with Gasteiger partial charge in [0.1, 0.15) is 0 Å². The van der Waals surface area contributed by atoms with Gasteiger partial charge in [-0.25, -0.2) is 0 Å². The number of likely N-dealkylation sites (tertiary alicyclic amines) is 1. The first-order valence-electron chi connectivity index (χ1n) is 6.70. The van der Waals surface area contributed by atoms with Crippen molar-refractivity contribution >= 4 is 0 Å². The molecule has 0 radical (unpaired) electrons. The Morgan fingerprint density at radius 2 is 2.22 bits per heavy atom. The lowest BCUT2D eigenvalue weighted by molar-refractivity contribution is 0.220. The van der Waals surface area contributed by atoms with Crippen LogP contribution in [0.4, 0.5) is 0 Å². The Kier molecular flexibility index (Phi) is 4.55. The molecule has 1 saturated heterocycles. The van der Waals surface area contributed by atoms with E-state index in [2.05, 4.69) is 29.6 Å². The van der Waals surface area contributed by atoms with Crippen molar-refractivity contribution in [1.82, 2.24) is 14.7 Å². The largest absolute Gasteiger partial charge is 0.394 e. The number of aromatic nitrogens is 2. The van der Waals surface area contributed by atoms with Crippen molar-refractivity contribution in [2.75, 3.05) is 26.2 Å². The zero-order valence-electron chi connectivity index (χ0n) is 11.2. The van der Waals surface area contributed by atoms with E-state index in [-0.39, 0.29) is 6.61 Å². The van der Waals surface area contributed by atoms with E-state index in [4.69, 9.17) is 5.11 Å². The SMILES string of the molecule is C=C(C)CN1CCC(c2ccnn2CCO)CC1. The summed E-state index contributed by atoms with van der Waals surface area (Å²) in [6, 6.07) is 2.09. The van der Waals surface area contributed by atoms with Crippen LogP contribution in [0.25, 0.3) is 0 Å². The molecule has 1 fully saturated rings. The maximum atomic E-state index is 9.02. The zero-order chi connectivity index (χ0) is 13.0. The number of aliphatic hydroxyl groups excluding tert-OH is 1. The molecule has 100 valence electrons. The van der Waals surface area contributed by atoms with Gasteiger partial charge < -0.3 is 5.11 Å². The molecule has 0 spiro atoms. The van der Waals surface area contributed by atoms with Crippen molar-refractivity contribution in [2.45, 2.75) is 32.2 Å². The van der Waals surface area contributed by atoms with Crippen molar-refractivity contribution < 1.29 is 5.11 Å². The van der Waals surface area contributed by atoms with E-state index in [0.29, 0.717) is 12.5 Å². The van der Waals surface area contributed by atoms with Gasteiger partial charge in [-0.15, -0.1) is 0 Å². The second-order valence-corrected chi connectivity index (χ2v) is 5.21. The third-order valence-electron chi connectivity index (χ3n) is 3.56. The Hall–Kier alpha value is -1.13. The molecule has 2 rings (SSSR count). The molecule has 4 heteroatoms. The maximum Gasteiger partial charge on any atom is 0.0644 e. The first-order chi connectivity index (χ1) is 8.70. The number of piperidine rings is 1. The van der Waals surface area contributed by atoms with Crippen molar-refractivity contribution in [3.8, 4) is 0 Å². The lowest BCUT2D eigenvalue weighted by Crippen LogP contribution is -2.34. The average Bonchev–Trinajstić information content (AvgIpc) is 2.78. The van der Waals surface area contributed by atoms with E-state index in [1.165, 1.54) is 24.1 Å². The first kappa shape index (κ1) is 13.3. The van der Waals surface area contributed by atoms with Crippen molar-refractivity contribution in [3.63, 3.8) is 0 Å². The van der Waals surface area contributed by atoms with Gasteiger partial charge in [-0.3, -0.25) is 9.58 Å². The van der Waals surface area contributed by atoms with E-state index < -0.39 is 0 Å². The lowest BCUT2D eigenvalue weighted by atomic mass is 9.93. The Morgan fingerprint density at radius 1 is 1.50 bits per heavy atom. The van der Waals surface area contributed by atoms with Crippen LogP contribution in [-0.4, -0.2) is 46.0 Å². The van der Waals surface area contributed by atoms with Gasteiger partial charge >= 0.3 is 0 Å². The molecule has 0 unspecified atom stereocenters. The van der Waals surface area contributed by atoms with Crippen LogP contribution in [0.5, 0.6) is 0 Å². The quantitative estimate of drug-likeness (QED) is 0.806. The molecule has 1 aromatic heterocycles. The molecule has 0 saturated carbocycles. The third-order valence-corrected chi connectivity index (χ3v) is 3.56. The third kappa shape index (κ3) is 3.21. The minimum absolute atomic E-state index is 0.156.